The summed E-state index contributed by atoms with van der Waals surface area (Å²) in [7, 11) is 2.03. The third-order valence-electron chi connectivity index (χ3n) is 3.13. The van der Waals surface area contributed by atoms with Crippen LogP contribution >= 0.6 is 0 Å². The second-order valence-electron chi connectivity index (χ2n) is 4.44. The van der Waals surface area contributed by atoms with Gasteiger partial charge in [0.2, 0.25) is 0 Å². The minimum Gasteiger partial charge on any atom is -0.378 e. The molecule has 1 unspecified atom stereocenters. The Hall–Kier alpha value is -1.55. The van der Waals surface area contributed by atoms with Gasteiger partial charge in [-0.15, -0.1) is 0 Å². The maximum absolute atomic E-state index is 11.3. The minimum absolute atomic E-state index is 0.339. The number of aliphatic hydroxyl groups is 1. The lowest BCUT2D eigenvalue weighted by molar-refractivity contribution is -0.123. The molecule has 1 aliphatic rings. The molecule has 1 aliphatic heterocycles. The number of fused-ring (bicyclic) bond motifs is 1. The van der Waals surface area contributed by atoms with Crippen molar-refractivity contribution in [3.63, 3.8) is 0 Å². The molecule has 1 atom stereocenters. The molecule has 0 bridgehead atoms. The highest BCUT2D eigenvalue weighted by Gasteiger charge is 2.28. The Morgan fingerprint density at radius 2 is 2.24 bits per heavy atom. The first-order valence-corrected chi connectivity index (χ1v) is 5.97. The van der Waals surface area contributed by atoms with Crippen LogP contribution in [0.25, 0.3) is 0 Å². The predicted octanol–water partition coefficient (Wildman–Crippen LogP) is 1.91. The van der Waals surface area contributed by atoms with E-state index in [1.54, 1.807) is 0 Å². The van der Waals surface area contributed by atoms with Crippen LogP contribution in [-0.4, -0.2) is 24.6 Å². The van der Waals surface area contributed by atoms with Gasteiger partial charge in [0.05, 0.1) is 0 Å². The highest BCUT2D eigenvalue weighted by Crippen LogP contribution is 2.33. The Balaban J connectivity index is 2.18. The molecule has 0 radical (unpaired) electrons. The number of carbonyl (C=O) groups excluding carboxylic acids is 1. The second-order valence-corrected chi connectivity index (χ2v) is 4.44. The number of unbranched alkanes of at least 4 members (excludes halogenated alkanes) is 1. The summed E-state index contributed by atoms with van der Waals surface area (Å²) in [6.45, 7) is 3.15. The van der Waals surface area contributed by atoms with Crippen LogP contribution in [0, 0.1) is 0 Å². The van der Waals surface area contributed by atoms with Crippen LogP contribution in [-0.2, 0) is 4.79 Å². The van der Waals surface area contributed by atoms with Crippen molar-refractivity contribution in [3.05, 3.63) is 23.8 Å². The first kappa shape index (κ1) is 11.9. The lowest BCUT2D eigenvalue weighted by atomic mass is 10.1. The van der Waals surface area contributed by atoms with Crippen molar-refractivity contribution in [2.75, 3.05) is 23.8 Å². The van der Waals surface area contributed by atoms with E-state index in [-0.39, 0.29) is 5.91 Å². The van der Waals surface area contributed by atoms with Crippen molar-refractivity contribution in [2.45, 2.75) is 25.9 Å². The van der Waals surface area contributed by atoms with E-state index < -0.39 is 6.10 Å². The molecule has 1 heterocycles. The lowest BCUT2D eigenvalue weighted by Gasteiger charge is -2.19. The molecule has 1 aromatic carbocycles. The van der Waals surface area contributed by atoms with Crippen LogP contribution in [0.5, 0.6) is 0 Å². The molecule has 17 heavy (non-hydrogen) atoms. The largest absolute Gasteiger partial charge is 0.378 e. The number of rotatable bonds is 4. The quantitative estimate of drug-likeness (QED) is 0.836. The smallest absolute Gasteiger partial charge is 0.257 e. The minimum atomic E-state index is -1.01. The normalized spacial score (nSPS) is 17.8. The summed E-state index contributed by atoms with van der Waals surface area (Å²) >= 11 is 0. The lowest BCUT2D eigenvalue weighted by Crippen LogP contribution is -2.18. The van der Waals surface area contributed by atoms with Gasteiger partial charge in [-0.3, -0.25) is 4.79 Å². The van der Waals surface area contributed by atoms with E-state index in [9.17, 15) is 9.90 Å². The third kappa shape index (κ3) is 2.26. The Morgan fingerprint density at radius 1 is 1.47 bits per heavy atom. The molecule has 2 N–H and O–H groups in total. The summed E-state index contributed by atoms with van der Waals surface area (Å²) in [5.41, 5.74) is 2.46. The third-order valence-corrected chi connectivity index (χ3v) is 3.13. The van der Waals surface area contributed by atoms with Crippen LogP contribution in [0.3, 0.4) is 0 Å². The molecule has 0 saturated heterocycles. The van der Waals surface area contributed by atoms with Crippen LogP contribution in [0.15, 0.2) is 18.2 Å². The summed E-state index contributed by atoms with van der Waals surface area (Å²) in [5, 5.41) is 12.3. The van der Waals surface area contributed by atoms with E-state index in [1.165, 1.54) is 0 Å². The van der Waals surface area contributed by atoms with Crippen molar-refractivity contribution in [2.24, 2.45) is 0 Å². The van der Waals surface area contributed by atoms with Crippen LogP contribution in [0.2, 0.25) is 0 Å². The number of hydrogen-bond acceptors (Lipinski definition) is 3. The summed E-state index contributed by atoms with van der Waals surface area (Å²) < 4.78 is 0. The van der Waals surface area contributed by atoms with Gasteiger partial charge in [-0.1, -0.05) is 19.4 Å². The highest BCUT2D eigenvalue weighted by atomic mass is 16.3. The fourth-order valence-corrected chi connectivity index (χ4v) is 2.00. The topological polar surface area (TPSA) is 52.6 Å². The zero-order valence-electron chi connectivity index (χ0n) is 10.2. The standard InChI is InChI=1S/C13H18N2O2/c1-3-4-7-15(2)9-5-6-10-11(8-9)14-13(17)12(10)16/h5-6,8,12,16H,3-4,7H2,1-2H3,(H,14,17). The molecule has 1 aromatic rings. The van der Waals surface area contributed by atoms with Crippen LogP contribution < -0.4 is 10.2 Å². The monoisotopic (exact) mass is 234 g/mol. The summed E-state index contributed by atoms with van der Waals surface area (Å²) in [6.07, 6.45) is 1.29. The van der Waals surface area contributed by atoms with Crippen molar-refractivity contribution < 1.29 is 9.90 Å². The van der Waals surface area contributed by atoms with Crippen LogP contribution in [0.4, 0.5) is 11.4 Å². The van der Waals surface area contributed by atoms with Crippen molar-refractivity contribution in [3.8, 4) is 0 Å². The van der Waals surface area contributed by atoms with E-state index in [4.69, 9.17) is 0 Å². The Morgan fingerprint density at radius 3 is 2.94 bits per heavy atom. The first-order chi connectivity index (χ1) is 8.13. The Bertz CT molecular complexity index is 431. The maximum Gasteiger partial charge on any atom is 0.257 e. The fraction of sp³-hybridized carbons (Fsp3) is 0.462. The number of nitrogens with one attached hydrogen (secondary N) is 1. The number of carbonyl (C=O) groups is 1. The molecule has 1 amide bonds. The zero-order valence-corrected chi connectivity index (χ0v) is 10.2. The maximum atomic E-state index is 11.3. The van der Waals surface area contributed by atoms with Crippen molar-refractivity contribution >= 4 is 17.3 Å². The highest BCUT2D eigenvalue weighted by molar-refractivity contribution is 6.02. The summed E-state index contributed by atoms with van der Waals surface area (Å²) in [5.74, 6) is -0.339. The van der Waals surface area contributed by atoms with Gasteiger partial charge in [0, 0.05) is 30.5 Å². The summed E-state index contributed by atoms with van der Waals surface area (Å²) in [6, 6.07) is 5.67. The average molecular weight is 234 g/mol. The van der Waals surface area contributed by atoms with Gasteiger partial charge in [0.25, 0.3) is 5.91 Å². The Kier molecular flexibility index (Phi) is 3.33. The molecule has 4 heteroatoms. The van der Waals surface area contributed by atoms with Gasteiger partial charge in [-0.25, -0.2) is 0 Å². The molecular weight excluding hydrogens is 216 g/mol. The molecule has 0 fully saturated rings. The number of aliphatic hydroxyl groups excluding tert-OH is 1. The van der Waals surface area contributed by atoms with Gasteiger partial charge >= 0.3 is 0 Å². The predicted molar refractivity (Wildman–Crippen MR) is 68.2 cm³/mol. The molecule has 0 aromatic heterocycles. The number of benzene rings is 1. The van der Waals surface area contributed by atoms with E-state index >= 15 is 0 Å². The van der Waals surface area contributed by atoms with Crippen LogP contribution in [0.1, 0.15) is 31.4 Å². The Labute approximate surface area is 101 Å². The number of nitrogens with zero attached hydrogens (tertiary/aromatic N) is 1. The number of amides is 1. The molecule has 0 saturated carbocycles. The molecular formula is C13H18N2O2. The van der Waals surface area contributed by atoms with Gasteiger partial charge in [0.1, 0.15) is 0 Å². The van der Waals surface area contributed by atoms with Crippen molar-refractivity contribution in [1.29, 1.82) is 0 Å². The zero-order chi connectivity index (χ0) is 12.4. The number of anilines is 2. The van der Waals surface area contributed by atoms with Gasteiger partial charge in [-0.05, 0) is 18.6 Å². The SMILES string of the molecule is CCCCN(C)c1ccc2c(c1)NC(=O)C2O. The molecule has 0 spiro atoms. The second kappa shape index (κ2) is 4.75. The first-order valence-electron chi connectivity index (χ1n) is 5.97. The molecule has 0 aliphatic carbocycles. The van der Waals surface area contributed by atoms with E-state index in [0.29, 0.717) is 5.56 Å². The van der Waals surface area contributed by atoms with Crippen molar-refractivity contribution in [1.82, 2.24) is 0 Å². The average Bonchev–Trinajstić information content (AvgIpc) is 2.61. The number of hydrogen-bond donors (Lipinski definition) is 2. The van der Waals surface area contributed by atoms with Gasteiger partial charge < -0.3 is 15.3 Å². The molecule has 2 rings (SSSR count). The molecule has 92 valence electrons. The summed E-state index contributed by atoms with van der Waals surface area (Å²) in [4.78, 5) is 13.5. The van der Waals surface area contributed by atoms with Gasteiger partial charge in [-0.2, -0.15) is 0 Å². The van der Waals surface area contributed by atoms with E-state index in [0.717, 1.165) is 30.8 Å². The molecule has 4 nitrogen and oxygen atoms in total. The van der Waals surface area contributed by atoms with E-state index in [1.807, 2.05) is 25.2 Å². The van der Waals surface area contributed by atoms with E-state index in [2.05, 4.69) is 17.1 Å². The fourth-order valence-electron chi connectivity index (χ4n) is 2.00. The van der Waals surface area contributed by atoms with Gasteiger partial charge in [0.15, 0.2) is 6.10 Å².